The maximum absolute atomic E-state index is 6.00. The molecule has 2 aromatic rings. The lowest BCUT2D eigenvalue weighted by molar-refractivity contribution is 0.185. The molecule has 3 N–H and O–H groups in total. The summed E-state index contributed by atoms with van der Waals surface area (Å²) >= 11 is 0. The summed E-state index contributed by atoms with van der Waals surface area (Å²) in [7, 11) is 2.00. The van der Waals surface area contributed by atoms with Crippen molar-refractivity contribution in [3.05, 3.63) is 29.8 Å². The molecule has 112 valence electrons. The molecule has 2 heterocycles. The molecule has 1 fully saturated rings. The highest BCUT2D eigenvalue weighted by Gasteiger charge is 2.48. The third-order valence-electron chi connectivity index (χ3n) is 4.29. The molecule has 3 rings (SSSR count). The van der Waals surface area contributed by atoms with Crippen LogP contribution in [0, 0.1) is 5.92 Å². The second-order valence-electron chi connectivity index (χ2n) is 6.06. The van der Waals surface area contributed by atoms with Crippen LogP contribution in [0.3, 0.4) is 0 Å². The average Bonchev–Trinajstić information content (AvgIpc) is 2.81. The third kappa shape index (κ3) is 2.24. The molecule has 2 aromatic heterocycles. The van der Waals surface area contributed by atoms with Crippen LogP contribution in [0.5, 0.6) is 0 Å². The van der Waals surface area contributed by atoms with Crippen LogP contribution in [0.1, 0.15) is 38.1 Å². The van der Waals surface area contributed by atoms with Crippen LogP contribution in [-0.2, 0) is 12.5 Å². The van der Waals surface area contributed by atoms with Gasteiger partial charge < -0.3 is 15.6 Å². The van der Waals surface area contributed by atoms with Crippen molar-refractivity contribution in [2.24, 2.45) is 13.0 Å². The van der Waals surface area contributed by atoms with Gasteiger partial charge in [-0.15, -0.1) is 10.2 Å². The van der Waals surface area contributed by atoms with Crippen LogP contribution in [0.15, 0.2) is 18.5 Å². The van der Waals surface area contributed by atoms with E-state index in [1.54, 1.807) is 6.33 Å². The number of nitrogens with two attached hydrogens (primary N) is 1. The Hall–Kier alpha value is -2.11. The van der Waals surface area contributed by atoms with E-state index < -0.39 is 0 Å². The fourth-order valence-corrected chi connectivity index (χ4v) is 3.49. The minimum Gasteiger partial charge on any atom is -0.384 e. The normalized spacial score (nSPS) is 24.6. The van der Waals surface area contributed by atoms with Gasteiger partial charge in [-0.3, -0.25) is 0 Å². The number of nitrogen functional groups attached to an aromatic ring is 1. The van der Waals surface area contributed by atoms with Crippen LogP contribution < -0.4 is 11.1 Å². The molecule has 21 heavy (non-hydrogen) atoms. The topological polar surface area (TPSA) is 81.7 Å². The number of rotatable bonds is 4. The van der Waals surface area contributed by atoms with Crippen LogP contribution in [0.4, 0.5) is 11.6 Å². The van der Waals surface area contributed by atoms with Gasteiger partial charge in [-0.2, -0.15) is 0 Å². The Morgan fingerprint density at radius 3 is 2.76 bits per heavy atom. The van der Waals surface area contributed by atoms with E-state index in [1.165, 1.54) is 5.56 Å². The first-order chi connectivity index (χ1) is 10.0. The van der Waals surface area contributed by atoms with Gasteiger partial charge in [-0.05, 0) is 43.4 Å². The Labute approximate surface area is 124 Å². The number of hydrogen-bond donors (Lipinski definition) is 2. The molecule has 0 saturated heterocycles. The fourth-order valence-electron chi connectivity index (χ4n) is 3.49. The van der Waals surface area contributed by atoms with Gasteiger partial charge in [0.1, 0.15) is 23.8 Å². The Morgan fingerprint density at radius 1 is 1.43 bits per heavy atom. The number of aryl methyl sites for hydroxylation is 1. The summed E-state index contributed by atoms with van der Waals surface area (Å²) in [6.07, 6.45) is 3.89. The van der Waals surface area contributed by atoms with Gasteiger partial charge in [0.25, 0.3) is 0 Å². The standard InChI is InChI=1S/C15H22N6/c1-4-17-13-6-11(5-12(16)19-13)15(7-10(2)8-15)14-20-18-9-21(14)3/h5-6,9-10H,4,7-8H2,1-3H3,(H3,16,17,19). The summed E-state index contributed by atoms with van der Waals surface area (Å²) < 4.78 is 2.01. The Balaban J connectivity index is 2.08. The maximum Gasteiger partial charge on any atom is 0.143 e. The van der Waals surface area contributed by atoms with Crippen LogP contribution in [-0.4, -0.2) is 26.3 Å². The molecular weight excluding hydrogens is 264 g/mol. The molecule has 6 nitrogen and oxygen atoms in total. The van der Waals surface area contributed by atoms with Crippen molar-refractivity contribution in [3.63, 3.8) is 0 Å². The first-order valence-corrected chi connectivity index (χ1v) is 7.41. The second kappa shape index (κ2) is 5.02. The lowest BCUT2D eigenvalue weighted by atomic mass is 9.58. The molecule has 1 aliphatic carbocycles. The Bertz CT molecular complexity index is 641. The van der Waals surface area contributed by atoms with Crippen molar-refractivity contribution < 1.29 is 0 Å². The highest BCUT2D eigenvalue weighted by atomic mass is 15.3. The molecule has 0 bridgehead atoms. The zero-order valence-electron chi connectivity index (χ0n) is 12.8. The van der Waals surface area contributed by atoms with Gasteiger partial charge in [0.05, 0.1) is 5.41 Å². The van der Waals surface area contributed by atoms with Crippen LogP contribution in [0.25, 0.3) is 0 Å². The first-order valence-electron chi connectivity index (χ1n) is 7.41. The van der Waals surface area contributed by atoms with Gasteiger partial charge in [-0.25, -0.2) is 4.98 Å². The average molecular weight is 286 g/mol. The number of nitrogens with zero attached hydrogens (tertiary/aromatic N) is 4. The molecule has 0 unspecified atom stereocenters. The van der Waals surface area contributed by atoms with Crippen molar-refractivity contribution in [2.75, 3.05) is 17.6 Å². The zero-order valence-corrected chi connectivity index (χ0v) is 12.8. The van der Waals surface area contributed by atoms with Crippen LogP contribution in [0.2, 0.25) is 0 Å². The van der Waals surface area contributed by atoms with E-state index >= 15 is 0 Å². The van der Waals surface area contributed by atoms with Crippen molar-refractivity contribution in [1.82, 2.24) is 19.7 Å². The number of hydrogen-bond acceptors (Lipinski definition) is 5. The molecule has 1 aliphatic rings. The van der Waals surface area contributed by atoms with E-state index in [9.17, 15) is 0 Å². The smallest absolute Gasteiger partial charge is 0.143 e. The van der Waals surface area contributed by atoms with Crippen molar-refractivity contribution >= 4 is 11.6 Å². The molecule has 0 spiro atoms. The third-order valence-corrected chi connectivity index (χ3v) is 4.29. The van der Waals surface area contributed by atoms with E-state index in [2.05, 4.69) is 40.4 Å². The van der Waals surface area contributed by atoms with Gasteiger partial charge in [0, 0.05) is 13.6 Å². The lowest BCUT2D eigenvalue weighted by Gasteiger charge is -2.46. The molecular formula is C15H22N6. The van der Waals surface area contributed by atoms with Gasteiger partial charge in [-0.1, -0.05) is 6.92 Å². The fraction of sp³-hybridized carbons (Fsp3) is 0.533. The van der Waals surface area contributed by atoms with Crippen molar-refractivity contribution in [1.29, 1.82) is 0 Å². The van der Waals surface area contributed by atoms with Crippen molar-refractivity contribution in [2.45, 2.75) is 32.1 Å². The number of anilines is 2. The second-order valence-corrected chi connectivity index (χ2v) is 6.06. The van der Waals surface area contributed by atoms with E-state index in [-0.39, 0.29) is 5.41 Å². The molecule has 0 atom stereocenters. The summed E-state index contributed by atoms with van der Waals surface area (Å²) in [5.74, 6) is 3.06. The highest BCUT2D eigenvalue weighted by Crippen LogP contribution is 2.51. The minimum atomic E-state index is -0.0914. The van der Waals surface area contributed by atoms with Gasteiger partial charge in [0.2, 0.25) is 0 Å². The predicted octanol–water partition coefficient (Wildman–Crippen LogP) is 1.94. The minimum absolute atomic E-state index is 0.0914. The Morgan fingerprint density at radius 2 is 2.19 bits per heavy atom. The Kier molecular flexibility index (Phi) is 3.31. The summed E-state index contributed by atoms with van der Waals surface area (Å²) in [4.78, 5) is 4.34. The summed E-state index contributed by atoms with van der Waals surface area (Å²) in [5.41, 5.74) is 7.09. The molecule has 0 amide bonds. The molecule has 6 heteroatoms. The largest absolute Gasteiger partial charge is 0.384 e. The lowest BCUT2D eigenvalue weighted by Crippen LogP contribution is -2.43. The van der Waals surface area contributed by atoms with E-state index in [4.69, 9.17) is 5.73 Å². The summed E-state index contributed by atoms with van der Waals surface area (Å²) in [6.45, 7) is 5.14. The molecule has 0 aliphatic heterocycles. The molecule has 1 saturated carbocycles. The maximum atomic E-state index is 6.00. The van der Waals surface area contributed by atoms with Crippen molar-refractivity contribution in [3.8, 4) is 0 Å². The summed E-state index contributed by atoms with van der Waals surface area (Å²) in [6, 6.07) is 4.07. The van der Waals surface area contributed by atoms with E-state index in [1.807, 2.05) is 17.7 Å². The number of pyridine rings is 1. The van der Waals surface area contributed by atoms with Gasteiger partial charge in [0.15, 0.2) is 0 Å². The van der Waals surface area contributed by atoms with Crippen LogP contribution >= 0.6 is 0 Å². The van der Waals surface area contributed by atoms with E-state index in [0.717, 1.165) is 31.0 Å². The number of aromatic nitrogens is 4. The number of nitrogens with one attached hydrogen (secondary N) is 1. The predicted molar refractivity (Wildman–Crippen MR) is 83.0 cm³/mol. The van der Waals surface area contributed by atoms with E-state index in [0.29, 0.717) is 11.7 Å². The monoisotopic (exact) mass is 286 g/mol. The summed E-state index contributed by atoms with van der Waals surface area (Å²) in [5, 5.41) is 11.7. The quantitative estimate of drug-likeness (QED) is 0.897. The zero-order chi connectivity index (χ0) is 15.0. The van der Waals surface area contributed by atoms with Gasteiger partial charge >= 0.3 is 0 Å². The molecule has 0 aromatic carbocycles. The molecule has 0 radical (unpaired) electrons. The SMILES string of the molecule is CCNc1cc(C2(c3nncn3C)CC(C)C2)cc(N)n1. The first kappa shape index (κ1) is 13.9. The highest BCUT2D eigenvalue weighted by molar-refractivity contribution is 5.51.